The highest BCUT2D eigenvalue weighted by atomic mass is 16.5. The molecule has 154 valence electrons. The summed E-state index contributed by atoms with van der Waals surface area (Å²) in [6.45, 7) is 3.47. The second-order valence-electron chi connectivity index (χ2n) is 6.68. The number of carbonyl (C=O) groups is 6. The van der Waals surface area contributed by atoms with Crippen LogP contribution in [0, 0.1) is 0 Å². The lowest BCUT2D eigenvalue weighted by Gasteiger charge is -2.16. The molecular formula is C21H10O10. The first-order valence-corrected chi connectivity index (χ1v) is 8.61. The topological polar surface area (TPSA) is 161 Å². The summed E-state index contributed by atoms with van der Waals surface area (Å²) in [5.41, 5.74) is -3.00. The number of rotatable bonds is 3. The van der Waals surface area contributed by atoms with Gasteiger partial charge in [0.1, 0.15) is 11.5 Å². The van der Waals surface area contributed by atoms with E-state index in [-0.39, 0.29) is 34.7 Å². The first-order chi connectivity index (χ1) is 14.6. The predicted octanol–water partition coefficient (Wildman–Crippen LogP) is 0.595. The van der Waals surface area contributed by atoms with E-state index in [1.54, 1.807) is 0 Å². The van der Waals surface area contributed by atoms with Gasteiger partial charge in [-0.15, -0.1) is 0 Å². The normalized spacial score (nSPS) is 23.0. The fraction of sp³-hybridized carbons (Fsp3) is 0.0476. The molecule has 2 N–H and O–H groups in total. The van der Waals surface area contributed by atoms with Crippen LogP contribution >= 0.6 is 0 Å². The molecule has 10 heteroatoms. The van der Waals surface area contributed by atoms with Crippen LogP contribution < -0.4 is 0 Å². The van der Waals surface area contributed by atoms with Gasteiger partial charge in [-0.2, -0.15) is 0 Å². The molecule has 0 atom stereocenters. The van der Waals surface area contributed by atoms with Gasteiger partial charge in [0.2, 0.25) is 0 Å². The number of carboxylic acids is 2. The maximum atomic E-state index is 12.6. The zero-order valence-corrected chi connectivity index (χ0v) is 15.4. The lowest BCUT2D eigenvalue weighted by molar-refractivity contribution is -0.136. The summed E-state index contributed by atoms with van der Waals surface area (Å²) in [6, 6.07) is 0. The first kappa shape index (κ1) is 19.7. The molecule has 0 amide bonds. The average Bonchev–Trinajstić information content (AvgIpc) is 3.16. The number of ether oxygens (including phenoxy) is 2. The highest BCUT2D eigenvalue weighted by molar-refractivity contribution is 6.23. The van der Waals surface area contributed by atoms with Crippen LogP contribution in [0.3, 0.4) is 0 Å². The van der Waals surface area contributed by atoms with Crippen LogP contribution in [-0.2, 0) is 38.2 Å². The summed E-state index contributed by atoms with van der Waals surface area (Å²) >= 11 is 0. The van der Waals surface area contributed by atoms with E-state index in [0.717, 1.165) is 24.3 Å². The lowest BCUT2D eigenvalue weighted by atomic mass is 9.86. The van der Waals surface area contributed by atoms with Crippen molar-refractivity contribution in [2.45, 2.75) is 6.42 Å². The molecule has 0 aromatic carbocycles. The van der Waals surface area contributed by atoms with E-state index in [0.29, 0.717) is 0 Å². The minimum atomic E-state index is -1.81. The Morgan fingerprint density at radius 3 is 1.94 bits per heavy atom. The van der Waals surface area contributed by atoms with Crippen LogP contribution in [-0.4, -0.2) is 45.7 Å². The van der Waals surface area contributed by atoms with Crippen molar-refractivity contribution in [1.29, 1.82) is 0 Å². The zero-order valence-electron chi connectivity index (χ0n) is 15.4. The summed E-state index contributed by atoms with van der Waals surface area (Å²) < 4.78 is 9.84. The minimum absolute atomic E-state index is 0.0503. The van der Waals surface area contributed by atoms with Gasteiger partial charge in [-0.25, -0.2) is 14.4 Å². The van der Waals surface area contributed by atoms with E-state index in [1.807, 2.05) is 0 Å². The minimum Gasteiger partial charge on any atom is -0.478 e. The smallest absolute Gasteiger partial charge is 0.343 e. The molecule has 0 radical (unpaired) electrons. The van der Waals surface area contributed by atoms with Gasteiger partial charge in [-0.1, -0.05) is 6.58 Å². The number of allylic oxidation sites excluding steroid dienone is 8. The summed E-state index contributed by atoms with van der Waals surface area (Å²) in [4.78, 5) is 72.3. The summed E-state index contributed by atoms with van der Waals surface area (Å²) in [6.07, 6.45) is 3.56. The van der Waals surface area contributed by atoms with Crippen molar-refractivity contribution in [2.24, 2.45) is 0 Å². The van der Waals surface area contributed by atoms with Gasteiger partial charge in [0, 0.05) is 22.3 Å². The van der Waals surface area contributed by atoms with E-state index in [2.05, 4.69) is 6.58 Å². The molecule has 10 nitrogen and oxygen atoms in total. The van der Waals surface area contributed by atoms with Crippen LogP contribution in [0.4, 0.5) is 0 Å². The summed E-state index contributed by atoms with van der Waals surface area (Å²) in [7, 11) is 0. The maximum Gasteiger partial charge on any atom is 0.343 e. The van der Waals surface area contributed by atoms with Gasteiger partial charge < -0.3 is 19.7 Å². The Bertz CT molecular complexity index is 1270. The molecular weight excluding hydrogens is 412 g/mol. The van der Waals surface area contributed by atoms with Gasteiger partial charge >= 0.3 is 23.9 Å². The SMILES string of the molecule is C=C1C(=O)OC2=C/C(=C(C(=O)O)\C(C(=O)O)=C3/C=C4OC(=O)CC4=CC3=O)C(=O)C=C12. The van der Waals surface area contributed by atoms with E-state index in [9.17, 15) is 39.0 Å². The maximum absolute atomic E-state index is 12.6. The second kappa shape index (κ2) is 6.73. The molecule has 4 aliphatic rings. The Hall–Kier alpha value is -4.60. The molecule has 0 spiro atoms. The molecule has 2 heterocycles. The number of aliphatic carboxylic acids is 2. The van der Waals surface area contributed by atoms with E-state index in [1.165, 1.54) is 0 Å². The highest BCUT2D eigenvalue weighted by Crippen LogP contribution is 2.37. The molecule has 0 saturated carbocycles. The Kier molecular flexibility index (Phi) is 4.28. The quantitative estimate of drug-likeness (QED) is 0.486. The molecule has 4 rings (SSSR count). The zero-order chi connectivity index (χ0) is 22.6. The van der Waals surface area contributed by atoms with Crippen LogP contribution in [0.1, 0.15) is 6.42 Å². The molecule has 0 bridgehead atoms. The van der Waals surface area contributed by atoms with Gasteiger partial charge in [0.15, 0.2) is 11.6 Å². The highest BCUT2D eigenvalue weighted by Gasteiger charge is 2.38. The molecule has 2 saturated heterocycles. The van der Waals surface area contributed by atoms with Crippen LogP contribution in [0.5, 0.6) is 0 Å². The van der Waals surface area contributed by atoms with Crippen molar-refractivity contribution in [3.63, 3.8) is 0 Å². The van der Waals surface area contributed by atoms with Crippen molar-refractivity contribution >= 4 is 35.4 Å². The van der Waals surface area contributed by atoms with Gasteiger partial charge in [-0.3, -0.25) is 14.4 Å². The van der Waals surface area contributed by atoms with Crippen LogP contribution in [0.2, 0.25) is 0 Å². The largest absolute Gasteiger partial charge is 0.478 e. The molecule has 0 aromatic heterocycles. The Morgan fingerprint density at radius 1 is 0.806 bits per heavy atom. The van der Waals surface area contributed by atoms with E-state index in [4.69, 9.17) is 9.47 Å². The molecule has 2 fully saturated rings. The van der Waals surface area contributed by atoms with E-state index < -0.39 is 57.7 Å². The summed E-state index contributed by atoms with van der Waals surface area (Å²) in [5.74, 6) is -7.16. The third kappa shape index (κ3) is 3.06. The Morgan fingerprint density at radius 2 is 1.35 bits per heavy atom. The van der Waals surface area contributed by atoms with Crippen LogP contribution in [0.15, 0.2) is 81.4 Å². The fourth-order valence-electron chi connectivity index (χ4n) is 3.41. The molecule has 2 aliphatic heterocycles. The molecule has 0 unspecified atom stereocenters. The van der Waals surface area contributed by atoms with E-state index >= 15 is 0 Å². The standard InChI is InChI=1S/C21H10O10/c1-7-9-4-13(23)11(6-15(9)31-21(7)29)18(20(27)28)17(19(25)26)10-5-14-8(2-12(10)22)3-16(24)30-14/h2,4-6H,1,3H2,(H,25,26)(H,27,28)/b17-10-,18-11-. The van der Waals surface area contributed by atoms with Crippen molar-refractivity contribution in [2.75, 3.05) is 0 Å². The molecule has 0 aromatic rings. The monoisotopic (exact) mass is 422 g/mol. The van der Waals surface area contributed by atoms with Gasteiger partial charge in [0.25, 0.3) is 0 Å². The Labute approximate surface area is 172 Å². The molecule has 2 aliphatic carbocycles. The molecule has 31 heavy (non-hydrogen) atoms. The number of hydrogen-bond acceptors (Lipinski definition) is 8. The first-order valence-electron chi connectivity index (χ1n) is 8.61. The number of carboxylic acid groups (broad SMARTS) is 2. The number of carbonyl (C=O) groups excluding carboxylic acids is 4. The lowest BCUT2D eigenvalue weighted by Crippen LogP contribution is -2.22. The predicted molar refractivity (Wildman–Crippen MR) is 97.6 cm³/mol. The van der Waals surface area contributed by atoms with Crippen LogP contribution in [0.25, 0.3) is 0 Å². The van der Waals surface area contributed by atoms with Crippen molar-refractivity contribution < 1.29 is 48.5 Å². The number of fused-ring (bicyclic) bond motifs is 2. The third-order valence-corrected chi connectivity index (χ3v) is 4.79. The van der Waals surface area contributed by atoms with Gasteiger partial charge in [0.05, 0.1) is 23.1 Å². The third-order valence-electron chi connectivity index (χ3n) is 4.79. The number of ketones is 2. The second-order valence-corrected chi connectivity index (χ2v) is 6.68. The van der Waals surface area contributed by atoms with Crippen molar-refractivity contribution in [3.05, 3.63) is 81.4 Å². The van der Waals surface area contributed by atoms with Crippen molar-refractivity contribution in [1.82, 2.24) is 0 Å². The van der Waals surface area contributed by atoms with Gasteiger partial charge in [-0.05, 0) is 24.3 Å². The Balaban J connectivity index is 1.97. The fourth-order valence-corrected chi connectivity index (χ4v) is 3.41. The number of hydrogen-bond donors (Lipinski definition) is 2. The summed E-state index contributed by atoms with van der Waals surface area (Å²) in [5, 5.41) is 19.5. The van der Waals surface area contributed by atoms with Crippen molar-refractivity contribution in [3.8, 4) is 0 Å². The number of esters is 2. The average molecular weight is 422 g/mol.